The maximum Gasteiger partial charge on any atom is 0.170 e. The predicted octanol–water partition coefficient (Wildman–Crippen LogP) is 4.02. The van der Waals surface area contributed by atoms with Gasteiger partial charge < -0.3 is 15.0 Å². The average molecular weight is 323 g/mol. The van der Waals surface area contributed by atoms with Crippen molar-refractivity contribution in [2.24, 2.45) is 0 Å². The molecule has 0 saturated heterocycles. The maximum atomic E-state index is 6.15. The molecule has 4 nitrogen and oxygen atoms in total. The van der Waals surface area contributed by atoms with Gasteiger partial charge in [-0.2, -0.15) is 0 Å². The van der Waals surface area contributed by atoms with Crippen LogP contribution in [0.15, 0.2) is 30.5 Å². The van der Waals surface area contributed by atoms with Crippen LogP contribution in [0.25, 0.3) is 0 Å². The fourth-order valence-corrected chi connectivity index (χ4v) is 4.29. The molecule has 2 aliphatic rings. The first-order valence-corrected chi connectivity index (χ1v) is 8.64. The van der Waals surface area contributed by atoms with Gasteiger partial charge in [0.05, 0.1) is 0 Å². The molecule has 2 unspecified atom stereocenters. The van der Waals surface area contributed by atoms with E-state index in [-0.39, 0.29) is 11.1 Å². The quantitative estimate of drug-likeness (QED) is 0.860. The van der Waals surface area contributed by atoms with Gasteiger partial charge in [0.15, 0.2) is 17.2 Å². The van der Waals surface area contributed by atoms with Crippen molar-refractivity contribution in [3.63, 3.8) is 0 Å². The zero-order chi connectivity index (χ0) is 17.1. The number of hydrogen-bond acceptors (Lipinski definition) is 4. The van der Waals surface area contributed by atoms with Gasteiger partial charge in [-0.05, 0) is 55.2 Å². The first-order valence-electron chi connectivity index (χ1n) is 8.64. The highest BCUT2D eigenvalue weighted by molar-refractivity contribution is 5.72. The lowest BCUT2D eigenvalue weighted by molar-refractivity contribution is 0.150. The lowest BCUT2D eigenvalue weighted by atomic mass is 9.71. The Hall–Kier alpha value is -2.23. The molecule has 0 aliphatic carbocycles. The highest BCUT2D eigenvalue weighted by atomic mass is 16.5. The molecule has 0 radical (unpaired) electrons. The molecule has 3 heterocycles. The third-order valence-electron chi connectivity index (χ3n) is 6.29. The molecule has 0 amide bonds. The van der Waals surface area contributed by atoms with Crippen LogP contribution in [0.1, 0.15) is 37.0 Å². The van der Waals surface area contributed by atoms with E-state index in [2.05, 4.69) is 62.1 Å². The number of nitrogens with one attached hydrogen (secondary N) is 1. The topological polar surface area (TPSA) is 37.4 Å². The summed E-state index contributed by atoms with van der Waals surface area (Å²) in [5.41, 5.74) is 4.96. The van der Waals surface area contributed by atoms with E-state index in [1.807, 2.05) is 18.3 Å². The minimum Gasteiger partial charge on any atom is -0.485 e. The third-order valence-corrected chi connectivity index (χ3v) is 6.29. The predicted molar refractivity (Wildman–Crippen MR) is 98.0 cm³/mol. The average Bonchev–Trinajstić information content (AvgIpc) is 2.76. The van der Waals surface area contributed by atoms with Gasteiger partial charge in [0.25, 0.3) is 0 Å². The summed E-state index contributed by atoms with van der Waals surface area (Å²) in [6.45, 7) is 9.57. The van der Waals surface area contributed by atoms with Crippen LogP contribution in [0.3, 0.4) is 0 Å². The summed E-state index contributed by atoms with van der Waals surface area (Å²) < 4.78 is 6.15. The molecular weight excluding hydrogens is 298 g/mol. The SMILES string of the molecule is CCC1(C)c2cc(C)c(C)cc2N(C)C12COc1cccnc1N2. The molecule has 0 saturated carbocycles. The van der Waals surface area contributed by atoms with E-state index in [0.29, 0.717) is 6.61 Å². The zero-order valence-corrected chi connectivity index (χ0v) is 15.1. The molecule has 1 N–H and O–H groups in total. The van der Waals surface area contributed by atoms with Crippen molar-refractivity contribution in [2.75, 3.05) is 23.9 Å². The highest BCUT2D eigenvalue weighted by Crippen LogP contribution is 2.55. The molecule has 0 fully saturated rings. The number of aromatic nitrogens is 1. The third kappa shape index (κ3) is 1.71. The number of benzene rings is 1. The summed E-state index contributed by atoms with van der Waals surface area (Å²) in [6.07, 6.45) is 2.83. The summed E-state index contributed by atoms with van der Waals surface area (Å²) in [7, 11) is 2.17. The molecule has 2 atom stereocenters. The van der Waals surface area contributed by atoms with Crippen molar-refractivity contribution in [3.05, 3.63) is 47.2 Å². The van der Waals surface area contributed by atoms with Gasteiger partial charge in [-0.25, -0.2) is 4.98 Å². The van der Waals surface area contributed by atoms with Gasteiger partial charge in [0, 0.05) is 24.3 Å². The van der Waals surface area contributed by atoms with Crippen molar-refractivity contribution < 1.29 is 4.74 Å². The first-order chi connectivity index (χ1) is 11.4. The molecule has 2 aliphatic heterocycles. The number of ether oxygens (including phenoxy) is 1. The van der Waals surface area contributed by atoms with Crippen LogP contribution >= 0.6 is 0 Å². The van der Waals surface area contributed by atoms with Crippen LogP contribution in [0.2, 0.25) is 0 Å². The molecule has 4 rings (SSSR count). The van der Waals surface area contributed by atoms with Gasteiger partial charge in [0.2, 0.25) is 0 Å². The standard InChI is InChI=1S/C20H25N3O/c1-6-19(4)15-10-13(2)14(3)11-16(15)23(5)20(19)12-24-17-8-7-9-21-18(17)22-20/h7-11H,6,12H2,1-5H3,(H,21,22). The Morgan fingerprint density at radius 3 is 2.79 bits per heavy atom. The van der Waals surface area contributed by atoms with Crippen molar-refractivity contribution in [2.45, 2.75) is 45.2 Å². The normalized spacial score (nSPS) is 27.5. The largest absolute Gasteiger partial charge is 0.485 e. The summed E-state index contributed by atoms with van der Waals surface area (Å²) >= 11 is 0. The van der Waals surface area contributed by atoms with E-state index in [1.54, 1.807) is 0 Å². The molecule has 1 spiro atoms. The highest BCUT2D eigenvalue weighted by Gasteiger charge is 2.59. The number of aryl methyl sites for hydroxylation is 2. The number of fused-ring (bicyclic) bond motifs is 2. The number of likely N-dealkylation sites (N-methyl/N-ethyl adjacent to an activating group) is 1. The molecule has 4 heteroatoms. The Balaban J connectivity index is 1.91. The van der Waals surface area contributed by atoms with Gasteiger partial charge in [-0.3, -0.25) is 0 Å². The lowest BCUT2D eigenvalue weighted by Crippen LogP contribution is -2.66. The summed E-state index contributed by atoms with van der Waals surface area (Å²) in [4.78, 5) is 6.86. The second-order valence-corrected chi connectivity index (χ2v) is 7.32. The molecular formula is C20H25N3O. The van der Waals surface area contributed by atoms with Crippen molar-refractivity contribution in [1.82, 2.24) is 4.98 Å². The van der Waals surface area contributed by atoms with Crippen molar-refractivity contribution >= 4 is 11.5 Å². The van der Waals surface area contributed by atoms with E-state index in [1.165, 1.54) is 22.4 Å². The monoisotopic (exact) mass is 323 g/mol. The molecule has 2 aromatic rings. The van der Waals surface area contributed by atoms with Crippen LogP contribution in [-0.2, 0) is 5.41 Å². The van der Waals surface area contributed by atoms with Crippen LogP contribution in [-0.4, -0.2) is 24.3 Å². The smallest absolute Gasteiger partial charge is 0.170 e. The summed E-state index contributed by atoms with van der Waals surface area (Å²) in [5.74, 6) is 1.66. The molecule has 24 heavy (non-hydrogen) atoms. The fourth-order valence-electron chi connectivity index (χ4n) is 4.29. The second kappa shape index (κ2) is 4.88. The van der Waals surface area contributed by atoms with E-state index in [0.717, 1.165) is 18.0 Å². The summed E-state index contributed by atoms with van der Waals surface area (Å²) in [5, 5.41) is 3.74. The molecule has 1 aromatic carbocycles. The van der Waals surface area contributed by atoms with Crippen LogP contribution < -0.4 is 15.0 Å². The van der Waals surface area contributed by atoms with Crippen molar-refractivity contribution in [1.29, 1.82) is 0 Å². The van der Waals surface area contributed by atoms with Crippen LogP contribution in [0.4, 0.5) is 11.5 Å². The summed E-state index contributed by atoms with van der Waals surface area (Å²) in [6, 6.07) is 8.55. The number of anilines is 2. The number of hydrogen-bond donors (Lipinski definition) is 1. The van der Waals surface area contributed by atoms with Gasteiger partial charge in [0.1, 0.15) is 6.61 Å². The number of pyridine rings is 1. The second-order valence-electron chi connectivity index (χ2n) is 7.32. The Labute approximate surface area is 143 Å². The number of nitrogens with zero attached hydrogens (tertiary/aromatic N) is 2. The minimum absolute atomic E-state index is 0.0647. The molecule has 1 aromatic heterocycles. The Morgan fingerprint density at radius 2 is 2.04 bits per heavy atom. The zero-order valence-electron chi connectivity index (χ0n) is 15.1. The van der Waals surface area contributed by atoms with Crippen LogP contribution in [0.5, 0.6) is 5.75 Å². The number of rotatable bonds is 1. The lowest BCUT2D eigenvalue weighted by Gasteiger charge is -2.50. The van der Waals surface area contributed by atoms with Crippen molar-refractivity contribution in [3.8, 4) is 5.75 Å². The van der Waals surface area contributed by atoms with Gasteiger partial charge in [-0.1, -0.05) is 19.9 Å². The first kappa shape index (κ1) is 15.3. The Bertz CT molecular complexity index is 819. The van der Waals surface area contributed by atoms with Crippen LogP contribution in [0, 0.1) is 13.8 Å². The Morgan fingerprint density at radius 1 is 1.29 bits per heavy atom. The van der Waals surface area contributed by atoms with E-state index >= 15 is 0 Å². The van der Waals surface area contributed by atoms with Gasteiger partial charge >= 0.3 is 0 Å². The van der Waals surface area contributed by atoms with Gasteiger partial charge in [-0.15, -0.1) is 0 Å². The van der Waals surface area contributed by atoms with E-state index < -0.39 is 0 Å². The minimum atomic E-state index is -0.328. The fraction of sp³-hybridized carbons (Fsp3) is 0.450. The maximum absolute atomic E-state index is 6.15. The van der Waals surface area contributed by atoms with E-state index in [9.17, 15) is 0 Å². The molecule has 0 bridgehead atoms. The molecule has 126 valence electrons. The Kier molecular flexibility index (Phi) is 3.11. The van der Waals surface area contributed by atoms with E-state index in [4.69, 9.17) is 4.74 Å².